The number of nitrogens with zero attached hydrogens (tertiary/aromatic N) is 1. The Bertz CT molecular complexity index is 848. The number of hydrogen-bond donors (Lipinski definition) is 1. The Morgan fingerprint density at radius 2 is 2.07 bits per heavy atom. The minimum absolute atomic E-state index is 0.117. The third-order valence-corrected chi connectivity index (χ3v) is 7.77. The van der Waals surface area contributed by atoms with Gasteiger partial charge < -0.3 is 10.1 Å². The van der Waals surface area contributed by atoms with Crippen LogP contribution in [0, 0.1) is 12.8 Å². The monoisotopic (exact) mass is 408 g/mol. The highest BCUT2D eigenvalue weighted by atomic mass is 32.2. The van der Waals surface area contributed by atoms with E-state index in [-0.39, 0.29) is 18.4 Å². The summed E-state index contributed by atoms with van der Waals surface area (Å²) in [5, 5.41) is 4.60. The number of ether oxygens (including phenoxy) is 1. The number of nitrogens with one attached hydrogen (secondary N) is 1. The Morgan fingerprint density at radius 3 is 2.78 bits per heavy atom. The number of thiophene rings is 1. The lowest BCUT2D eigenvalue weighted by Crippen LogP contribution is -2.45. The van der Waals surface area contributed by atoms with Gasteiger partial charge in [-0.05, 0) is 43.3 Å². The minimum atomic E-state index is -3.50. The van der Waals surface area contributed by atoms with Crippen molar-refractivity contribution in [3.63, 3.8) is 0 Å². The molecule has 3 rings (SSSR count). The van der Waals surface area contributed by atoms with Crippen molar-refractivity contribution in [3.05, 3.63) is 47.3 Å². The molecule has 0 bridgehead atoms. The van der Waals surface area contributed by atoms with E-state index in [9.17, 15) is 13.2 Å². The van der Waals surface area contributed by atoms with Crippen molar-refractivity contribution in [1.82, 2.24) is 9.62 Å². The third kappa shape index (κ3) is 5.09. The molecule has 27 heavy (non-hydrogen) atoms. The molecule has 6 nitrogen and oxygen atoms in total. The Balaban J connectivity index is 1.47. The maximum absolute atomic E-state index is 12.6. The Labute approximate surface area is 164 Å². The standard InChI is InChI=1S/C19H24N2O4S2/c1-15-6-8-17(9-7-15)25-12-10-20-19(22)16-4-2-11-21(14-16)27(23,24)18-5-3-13-26-18/h3,5-9,13,16H,2,4,10-12,14H2,1H3,(H,20,22)/t16-/m0/s1. The van der Waals surface area contributed by atoms with Gasteiger partial charge in [-0.25, -0.2) is 8.42 Å². The van der Waals surface area contributed by atoms with Crippen molar-refractivity contribution in [3.8, 4) is 5.75 Å². The van der Waals surface area contributed by atoms with Crippen molar-refractivity contribution >= 4 is 27.3 Å². The first-order valence-electron chi connectivity index (χ1n) is 8.97. The molecule has 1 fully saturated rings. The second kappa shape index (κ2) is 8.86. The average Bonchev–Trinajstić information content (AvgIpc) is 3.22. The lowest BCUT2D eigenvalue weighted by atomic mass is 9.99. The molecule has 0 saturated carbocycles. The van der Waals surface area contributed by atoms with Gasteiger partial charge in [0.15, 0.2) is 0 Å². The summed E-state index contributed by atoms with van der Waals surface area (Å²) in [6.07, 6.45) is 1.38. The van der Waals surface area contributed by atoms with Crippen LogP contribution in [0.25, 0.3) is 0 Å². The second-order valence-electron chi connectivity index (χ2n) is 6.59. The molecular formula is C19H24N2O4S2. The molecule has 1 saturated heterocycles. The molecular weight excluding hydrogens is 384 g/mol. The number of amides is 1. The van der Waals surface area contributed by atoms with Gasteiger partial charge in [-0.15, -0.1) is 11.3 Å². The van der Waals surface area contributed by atoms with E-state index in [2.05, 4.69) is 5.32 Å². The largest absolute Gasteiger partial charge is 0.492 e. The van der Waals surface area contributed by atoms with Gasteiger partial charge >= 0.3 is 0 Å². The molecule has 1 atom stereocenters. The fraction of sp³-hybridized carbons (Fsp3) is 0.421. The van der Waals surface area contributed by atoms with Gasteiger partial charge in [0.05, 0.1) is 12.5 Å². The summed E-state index contributed by atoms with van der Waals surface area (Å²) >= 11 is 1.20. The Hall–Kier alpha value is -1.90. The predicted molar refractivity (Wildman–Crippen MR) is 105 cm³/mol. The number of sulfonamides is 1. The molecule has 1 aromatic carbocycles. The summed E-state index contributed by atoms with van der Waals surface area (Å²) in [4.78, 5) is 12.4. The highest BCUT2D eigenvalue weighted by Gasteiger charge is 2.33. The van der Waals surface area contributed by atoms with Crippen LogP contribution < -0.4 is 10.1 Å². The molecule has 0 aliphatic carbocycles. The summed E-state index contributed by atoms with van der Waals surface area (Å²) in [7, 11) is -3.50. The topological polar surface area (TPSA) is 75.7 Å². The van der Waals surface area contributed by atoms with E-state index in [1.54, 1.807) is 17.5 Å². The SMILES string of the molecule is Cc1ccc(OCCNC(=O)[C@H]2CCCN(S(=O)(=O)c3cccs3)C2)cc1. The van der Waals surface area contributed by atoms with Gasteiger partial charge in [0.1, 0.15) is 16.6 Å². The summed E-state index contributed by atoms with van der Waals surface area (Å²) in [6.45, 7) is 3.46. The van der Waals surface area contributed by atoms with E-state index in [1.807, 2.05) is 31.2 Å². The van der Waals surface area contributed by atoms with Crippen LogP contribution in [0.2, 0.25) is 0 Å². The van der Waals surface area contributed by atoms with Crippen LogP contribution in [-0.4, -0.2) is 44.9 Å². The van der Waals surface area contributed by atoms with Crippen molar-refractivity contribution < 1.29 is 17.9 Å². The first kappa shape index (κ1) is 19.9. The quantitative estimate of drug-likeness (QED) is 0.715. The molecule has 0 unspecified atom stereocenters. The van der Waals surface area contributed by atoms with Gasteiger partial charge in [-0.2, -0.15) is 4.31 Å². The molecule has 1 aliphatic rings. The smallest absolute Gasteiger partial charge is 0.252 e. The number of rotatable bonds is 7. The van der Waals surface area contributed by atoms with E-state index in [4.69, 9.17) is 4.74 Å². The molecule has 1 N–H and O–H groups in total. The van der Waals surface area contributed by atoms with E-state index >= 15 is 0 Å². The molecule has 1 aromatic heterocycles. The first-order chi connectivity index (χ1) is 13.0. The van der Waals surface area contributed by atoms with Crippen molar-refractivity contribution in [2.45, 2.75) is 24.0 Å². The van der Waals surface area contributed by atoms with Crippen molar-refractivity contribution in [1.29, 1.82) is 0 Å². The summed E-state index contributed by atoms with van der Waals surface area (Å²) in [5.74, 6) is 0.321. The highest BCUT2D eigenvalue weighted by molar-refractivity contribution is 7.91. The molecule has 1 amide bonds. The van der Waals surface area contributed by atoms with E-state index in [0.29, 0.717) is 36.7 Å². The van der Waals surface area contributed by atoms with E-state index in [1.165, 1.54) is 15.6 Å². The van der Waals surface area contributed by atoms with Crippen LogP contribution in [0.15, 0.2) is 46.0 Å². The number of aryl methyl sites for hydroxylation is 1. The fourth-order valence-corrected chi connectivity index (χ4v) is 5.70. The second-order valence-corrected chi connectivity index (χ2v) is 9.70. The summed E-state index contributed by atoms with van der Waals surface area (Å²) in [6, 6.07) is 11.1. The van der Waals surface area contributed by atoms with Crippen LogP contribution in [0.1, 0.15) is 18.4 Å². The van der Waals surface area contributed by atoms with E-state index in [0.717, 1.165) is 11.3 Å². The maximum atomic E-state index is 12.6. The van der Waals surface area contributed by atoms with Gasteiger partial charge in [-0.3, -0.25) is 4.79 Å². The molecule has 2 aromatic rings. The lowest BCUT2D eigenvalue weighted by molar-refractivity contribution is -0.126. The average molecular weight is 409 g/mol. The summed E-state index contributed by atoms with van der Waals surface area (Å²) < 4.78 is 32.6. The van der Waals surface area contributed by atoms with E-state index < -0.39 is 10.0 Å². The van der Waals surface area contributed by atoms with Gasteiger partial charge in [-0.1, -0.05) is 23.8 Å². The minimum Gasteiger partial charge on any atom is -0.492 e. The zero-order chi connectivity index (χ0) is 19.3. The Morgan fingerprint density at radius 1 is 1.30 bits per heavy atom. The molecule has 0 radical (unpaired) electrons. The number of benzene rings is 1. The fourth-order valence-electron chi connectivity index (χ4n) is 3.03. The van der Waals surface area contributed by atoms with Gasteiger partial charge in [0, 0.05) is 13.1 Å². The van der Waals surface area contributed by atoms with Gasteiger partial charge in [0.2, 0.25) is 5.91 Å². The molecule has 8 heteroatoms. The molecule has 146 valence electrons. The third-order valence-electron chi connectivity index (χ3n) is 4.54. The van der Waals surface area contributed by atoms with Crippen molar-refractivity contribution in [2.75, 3.05) is 26.2 Å². The molecule has 1 aliphatic heterocycles. The molecule has 0 spiro atoms. The first-order valence-corrected chi connectivity index (χ1v) is 11.3. The van der Waals surface area contributed by atoms with Crippen LogP contribution in [0.3, 0.4) is 0 Å². The highest BCUT2D eigenvalue weighted by Crippen LogP contribution is 2.26. The predicted octanol–water partition coefficient (Wildman–Crippen LogP) is 2.65. The van der Waals surface area contributed by atoms with Crippen molar-refractivity contribution in [2.24, 2.45) is 5.92 Å². The van der Waals surface area contributed by atoms with Crippen LogP contribution in [-0.2, 0) is 14.8 Å². The Kier molecular flexibility index (Phi) is 6.51. The van der Waals surface area contributed by atoms with Gasteiger partial charge in [0.25, 0.3) is 10.0 Å². The molecule has 2 heterocycles. The number of carbonyl (C=O) groups is 1. The lowest BCUT2D eigenvalue weighted by Gasteiger charge is -2.30. The normalized spacial score (nSPS) is 18.2. The maximum Gasteiger partial charge on any atom is 0.252 e. The zero-order valence-electron chi connectivity index (χ0n) is 15.3. The number of hydrogen-bond acceptors (Lipinski definition) is 5. The van der Waals surface area contributed by atoms with Crippen LogP contribution >= 0.6 is 11.3 Å². The van der Waals surface area contributed by atoms with Crippen LogP contribution in [0.4, 0.5) is 0 Å². The summed E-state index contributed by atoms with van der Waals surface area (Å²) in [5.41, 5.74) is 1.16. The van der Waals surface area contributed by atoms with Crippen LogP contribution in [0.5, 0.6) is 5.75 Å². The number of carbonyl (C=O) groups excluding carboxylic acids is 1. The number of piperidine rings is 1. The zero-order valence-corrected chi connectivity index (χ0v) is 16.9.